The average molecular weight is 186 g/mol. The Balaban J connectivity index is 2.92. The number of halogens is 1. The summed E-state index contributed by atoms with van der Waals surface area (Å²) in [6.45, 7) is 1.87. The van der Waals surface area contributed by atoms with Gasteiger partial charge in [-0.05, 0) is 30.7 Å². The van der Waals surface area contributed by atoms with Crippen molar-refractivity contribution in [3.8, 4) is 6.07 Å². The number of hydrogen-bond acceptors (Lipinski definition) is 2. The van der Waals surface area contributed by atoms with E-state index in [1.807, 2.05) is 13.0 Å². The number of aryl methyl sites for hydroxylation is 1. The molecule has 3 heteroatoms. The zero-order chi connectivity index (χ0) is 10.1. The molecule has 1 heterocycles. The normalized spacial score (nSPS) is 10.1. The molecule has 0 radical (unpaired) electrons. The third kappa shape index (κ3) is 1.21. The van der Waals surface area contributed by atoms with Crippen molar-refractivity contribution in [3.05, 3.63) is 41.3 Å². The fraction of sp³-hybridized carbons (Fsp3) is 0.0909. The van der Waals surface area contributed by atoms with Crippen LogP contribution < -0.4 is 0 Å². The van der Waals surface area contributed by atoms with Gasteiger partial charge in [0.15, 0.2) is 5.82 Å². The van der Waals surface area contributed by atoms with Crippen LogP contribution in [0.1, 0.15) is 11.1 Å². The van der Waals surface area contributed by atoms with Crippen LogP contribution in [0.5, 0.6) is 0 Å². The molecule has 0 bridgehead atoms. The lowest BCUT2D eigenvalue weighted by atomic mass is 10.1. The second-order valence-electron chi connectivity index (χ2n) is 3.09. The number of benzene rings is 1. The van der Waals surface area contributed by atoms with E-state index in [0.29, 0.717) is 16.5 Å². The predicted octanol–water partition coefficient (Wildman–Crippen LogP) is 2.55. The van der Waals surface area contributed by atoms with Crippen molar-refractivity contribution < 1.29 is 4.39 Å². The minimum Gasteiger partial charge on any atom is -0.253 e. The quantitative estimate of drug-likeness (QED) is 0.634. The zero-order valence-electron chi connectivity index (χ0n) is 7.58. The number of rotatable bonds is 0. The van der Waals surface area contributed by atoms with Gasteiger partial charge in [0.25, 0.3) is 0 Å². The molecule has 68 valence electrons. The monoisotopic (exact) mass is 186 g/mol. The second kappa shape index (κ2) is 3.08. The van der Waals surface area contributed by atoms with Gasteiger partial charge in [-0.1, -0.05) is 0 Å². The number of hydrogen-bond donors (Lipinski definition) is 0. The molecular weight excluding hydrogens is 179 g/mol. The molecule has 0 unspecified atom stereocenters. The van der Waals surface area contributed by atoms with Crippen LogP contribution in [0.25, 0.3) is 10.9 Å². The highest BCUT2D eigenvalue weighted by Crippen LogP contribution is 2.20. The van der Waals surface area contributed by atoms with Crippen molar-refractivity contribution >= 4 is 10.9 Å². The fourth-order valence-corrected chi connectivity index (χ4v) is 1.41. The molecule has 0 aliphatic heterocycles. The van der Waals surface area contributed by atoms with Gasteiger partial charge in [-0.2, -0.15) is 5.26 Å². The molecule has 1 aromatic heterocycles. The van der Waals surface area contributed by atoms with E-state index in [2.05, 4.69) is 4.98 Å². The Morgan fingerprint density at radius 1 is 1.43 bits per heavy atom. The minimum absolute atomic E-state index is 0.323. The zero-order valence-corrected chi connectivity index (χ0v) is 7.58. The molecule has 0 atom stereocenters. The maximum atomic E-state index is 13.4. The highest BCUT2D eigenvalue weighted by molar-refractivity contribution is 5.83. The summed E-state index contributed by atoms with van der Waals surface area (Å²) in [5.74, 6) is -0.442. The van der Waals surface area contributed by atoms with Crippen molar-refractivity contribution in [1.29, 1.82) is 5.26 Å². The van der Waals surface area contributed by atoms with Crippen LogP contribution >= 0.6 is 0 Å². The van der Waals surface area contributed by atoms with Crippen LogP contribution in [0.4, 0.5) is 4.39 Å². The summed E-state index contributed by atoms with van der Waals surface area (Å²) in [4.78, 5) is 3.93. The molecule has 2 aromatic rings. The summed E-state index contributed by atoms with van der Waals surface area (Å²) in [5, 5.41) is 9.37. The highest BCUT2D eigenvalue weighted by atomic mass is 19.1. The standard InChI is InChI=1S/C11H7FN2/c1-7-2-3-14-11-9(7)4-8(6-13)5-10(11)12/h2-5H,1H3. The molecule has 0 aliphatic rings. The molecular formula is C11H7FN2. The molecule has 0 spiro atoms. The third-order valence-electron chi connectivity index (χ3n) is 2.15. The van der Waals surface area contributed by atoms with Crippen molar-refractivity contribution in [3.63, 3.8) is 0 Å². The maximum absolute atomic E-state index is 13.4. The van der Waals surface area contributed by atoms with E-state index in [0.717, 1.165) is 5.56 Å². The molecule has 0 saturated carbocycles. The average Bonchev–Trinajstić information content (AvgIpc) is 2.19. The molecule has 14 heavy (non-hydrogen) atoms. The van der Waals surface area contributed by atoms with Crippen molar-refractivity contribution in [2.45, 2.75) is 6.92 Å². The maximum Gasteiger partial charge on any atom is 0.150 e. The van der Waals surface area contributed by atoms with E-state index in [1.54, 1.807) is 18.3 Å². The lowest BCUT2D eigenvalue weighted by Crippen LogP contribution is -1.88. The summed E-state index contributed by atoms with van der Waals surface area (Å²) in [6.07, 6.45) is 1.56. The van der Waals surface area contributed by atoms with Crippen molar-refractivity contribution in [1.82, 2.24) is 4.98 Å². The smallest absolute Gasteiger partial charge is 0.150 e. The predicted molar refractivity (Wildman–Crippen MR) is 51.2 cm³/mol. The van der Waals surface area contributed by atoms with E-state index in [4.69, 9.17) is 5.26 Å². The SMILES string of the molecule is Cc1ccnc2c(F)cc(C#N)cc12. The lowest BCUT2D eigenvalue weighted by molar-refractivity contribution is 0.636. The van der Waals surface area contributed by atoms with Gasteiger partial charge in [0.2, 0.25) is 0 Å². The van der Waals surface area contributed by atoms with Gasteiger partial charge < -0.3 is 0 Å². The summed E-state index contributed by atoms with van der Waals surface area (Å²) in [7, 11) is 0. The first-order valence-corrected chi connectivity index (χ1v) is 4.17. The third-order valence-corrected chi connectivity index (χ3v) is 2.15. The molecule has 0 N–H and O–H groups in total. The Morgan fingerprint density at radius 2 is 2.21 bits per heavy atom. The Kier molecular flexibility index (Phi) is 1.90. The van der Waals surface area contributed by atoms with Gasteiger partial charge >= 0.3 is 0 Å². The number of fused-ring (bicyclic) bond motifs is 1. The number of nitrogens with zero attached hydrogens (tertiary/aromatic N) is 2. The van der Waals surface area contributed by atoms with Crippen LogP contribution in [-0.2, 0) is 0 Å². The van der Waals surface area contributed by atoms with Crippen molar-refractivity contribution in [2.75, 3.05) is 0 Å². The van der Waals surface area contributed by atoms with Gasteiger partial charge in [-0.3, -0.25) is 4.98 Å². The molecule has 0 amide bonds. The first kappa shape index (κ1) is 8.64. The first-order chi connectivity index (χ1) is 6.72. The molecule has 1 aromatic carbocycles. The van der Waals surface area contributed by atoms with Gasteiger partial charge in [0, 0.05) is 11.6 Å². The Bertz CT molecular complexity index is 541. The molecule has 2 nitrogen and oxygen atoms in total. The van der Waals surface area contributed by atoms with Crippen LogP contribution in [0.3, 0.4) is 0 Å². The largest absolute Gasteiger partial charge is 0.253 e. The molecule has 0 saturated heterocycles. The summed E-state index contributed by atoms with van der Waals surface area (Å²) in [6, 6.07) is 6.57. The summed E-state index contributed by atoms with van der Waals surface area (Å²) < 4.78 is 13.4. The Labute approximate surface area is 80.6 Å². The van der Waals surface area contributed by atoms with Crippen LogP contribution in [0.2, 0.25) is 0 Å². The number of nitriles is 1. The van der Waals surface area contributed by atoms with Crippen LogP contribution in [-0.4, -0.2) is 4.98 Å². The lowest BCUT2D eigenvalue weighted by Gasteiger charge is -2.02. The van der Waals surface area contributed by atoms with Gasteiger partial charge in [-0.25, -0.2) is 4.39 Å². The molecule has 2 rings (SSSR count). The van der Waals surface area contributed by atoms with Gasteiger partial charge in [0.05, 0.1) is 11.6 Å². The number of aromatic nitrogens is 1. The van der Waals surface area contributed by atoms with Crippen LogP contribution in [0, 0.1) is 24.1 Å². The van der Waals surface area contributed by atoms with E-state index in [-0.39, 0.29) is 0 Å². The number of pyridine rings is 1. The topological polar surface area (TPSA) is 36.7 Å². The first-order valence-electron chi connectivity index (χ1n) is 4.17. The fourth-order valence-electron chi connectivity index (χ4n) is 1.41. The van der Waals surface area contributed by atoms with E-state index >= 15 is 0 Å². The highest BCUT2D eigenvalue weighted by Gasteiger charge is 2.06. The van der Waals surface area contributed by atoms with Gasteiger partial charge in [0.1, 0.15) is 5.52 Å². The Morgan fingerprint density at radius 3 is 2.93 bits per heavy atom. The van der Waals surface area contributed by atoms with Gasteiger partial charge in [-0.15, -0.1) is 0 Å². The van der Waals surface area contributed by atoms with Crippen molar-refractivity contribution in [2.24, 2.45) is 0 Å². The van der Waals surface area contributed by atoms with Crippen LogP contribution in [0.15, 0.2) is 24.4 Å². The van der Waals surface area contributed by atoms with E-state index < -0.39 is 5.82 Å². The van der Waals surface area contributed by atoms with E-state index in [1.165, 1.54) is 6.07 Å². The summed E-state index contributed by atoms with van der Waals surface area (Å²) in [5.41, 5.74) is 1.57. The molecule has 0 aliphatic carbocycles. The summed E-state index contributed by atoms with van der Waals surface area (Å²) >= 11 is 0. The minimum atomic E-state index is -0.442. The second-order valence-corrected chi connectivity index (χ2v) is 3.09. The molecule has 0 fully saturated rings. The Hall–Kier alpha value is -1.95. The van der Waals surface area contributed by atoms with E-state index in [9.17, 15) is 4.39 Å².